The van der Waals surface area contributed by atoms with Crippen molar-refractivity contribution in [1.82, 2.24) is 10.2 Å². The minimum atomic E-state index is 0.183. The van der Waals surface area contributed by atoms with Crippen LogP contribution in [-0.2, 0) is 4.79 Å². The third-order valence-corrected chi connectivity index (χ3v) is 3.68. The van der Waals surface area contributed by atoms with Crippen LogP contribution in [0.25, 0.3) is 0 Å². The van der Waals surface area contributed by atoms with Gasteiger partial charge in [0.05, 0.1) is 6.10 Å². The summed E-state index contributed by atoms with van der Waals surface area (Å²) in [5, 5.41) is 3.47. The van der Waals surface area contributed by atoms with E-state index in [4.69, 9.17) is 4.74 Å². The number of likely N-dealkylation sites (N-methyl/N-ethyl adjacent to an activating group) is 1. The molecule has 1 amide bonds. The maximum atomic E-state index is 11.8. The normalized spacial score (nSPS) is 16.6. The smallest absolute Gasteiger partial charge is 0.222 e. The molecule has 1 aliphatic rings. The Balaban J connectivity index is 2.04. The summed E-state index contributed by atoms with van der Waals surface area (Å²) in [4.78, 5) is 13.8. The zero-order valence-corrected chi connectivity index (χ0v) is 13.3. The van der Waals surface area contributed by atoms with Crippen LogP contribution in [0.4, 0.5) is 0 Å². The SMILES string of the molecule is CCNC(CN1CCCC1=O)c1ccc(OC(C)C)cc1. The number of ether oxygens (including phenoxy) is 1. The van der Waals surface area contributed by atoms with Crippen molar-refractivity contribution in [3.05, 3.63) is 29.8 Å². The molecule has 2 rings (SSSR count). The van der Waals surface area contributed by atoms with Gasteiger partial charge in [0.25, 0.3) is 0 Å². The third kappa shape index (κ3) is 4.46. The number of carbonyl (C=O) groups excluding carboxylic acids is 1. The van der Waals surface area contributed by atoms with Crippen molar-refractivity contribution in [3.63, 3.8) is 0 Å². The van der Waals surface area contributed by atoms with Crippen molar-refractivity contribution >= 4 is 5.91 Å². The maximum Gasteiger partial charge on any atom is 0.222 e. The van der Waals surface area contributed by atoms with Gasteiger partial charge in [0.1, 0.15) is 5.75 Å². The molecule has 0 radical (unpaired) electrons. The molecule has 1 fully saturated rings. The zero-order chi connectivity index (χ0) is 15.2. The number of amides is 1. The molecule has 21 heavy (non-hydrogen) atoms. The van der Waals surface area contributed by atoms with Crippen LogP contribution in [-0.4, -0.2) is 36.5 Å². The molecule has 1 unspecified atom stereocenters. The van der Waals surface area contributed by atoms with Gasteiger partial charge in [-0.25, -0.2) is 0 Å². The predicted molar refractivity (Wildman–Crippen MR) is 84.4 cm³/mol. The molecule has 1 aromatic carbocycles. The molecule has 1 N–H and O–H groups in total. The minimum Gasteiger partial charge on any atom is -0.491 e. The van der Waals surface area contributed by atoms with E-state index in [0.717, 1.165) is 31.8 Å². The second-order valence-corrected chi connectivity index (χ2v) is 5.79. The number of likely N-dealkylation sites (tertiary alicyclic amines) is 1. The van der Waals surface area contributed by atoms with E-state index in [1.807, 2.05) is 30.9 Å². The molecule has 1 saturated heterocycles. The number of nitrogens with one attached hydrogen (secondary N) is 1. The van der Waals surface area contributed by atoms with E-state index in [1.54, 1.807) is 0 Å². The lowest BCUT2D eigenvalue weighted by molar-refractivity contribution is -0.128. The molecule has 0 aromatic heterocycles. The highest BCUT2D eigenvalue weighted by Crippen LogP contribution is 2.21. The van der Waals surface area contributed by atoms with E-state index in [9.17, 15) is 4.79 Å². The average molecular weight is 290 g/mol. The van der Waals surface area contributed by atoms with Crippen LogP contribution in [0.2, 0.25) is 0 Å². The van der Waals surface area contributed by atoms with Crippen LogP contribution in [0.1, 0.15) is 45.2 Å². The number of hydrogen-bond donors (Lipinski definition) is 1. The Morgan fingerprint density at radius 3 is 2.52 bits per heavy atom. The highest BCUT2D eigenvalue weighted by Gasteiger charge is 2.23. The van der Waals surface area contributed by atoms with Crippen LogP contribution in [0.3, 0.4) is 0 Å². The van der Waals surface area contributed by atoms with Gasteiger partial charge in [0.15, 0.2) is 0 Å². The van der Waals surface area contributed by atoms with Gasteiger partial charge >= 0.3 is 0 Å². The van der Waals surface area contributed by atoms with Crippen LogP contribution in [0, 0.1) is 0 Å². The van der Waals surface area contributed by atoms with Gasteiger partial charge in [-0.05, 0) is 44.5 Å². The minimum absolute atomic E-state index is 0.183. The number of hydrogen-bond acceptors (Lipinski definition) is 3. The Morgan fingerprint density at radius 1 is 1.29 bits per heavy atom. The Hall–Kier alpha value is -1.55. The predicted octanol–water partition coefficient (Wildman–Crippen LogP) is 2.75. The van der Waals surface area contributed by atoms with E-state index in [-0.39, 0.29) is 18.1 Å². The second kappa shape index (κ2) is 7.46. The summed E-state index contributed by atoms with van der Waals surface area (Å²) < 4.78 is 5.67. The quantitative estimate of drug-likeness (QED) is 0.839. The monoisotopic (exact) mass is 290 g/mol. The number of rotatable bonds is 7. The Labute approximate surface area is 127 Å². The Bertz CT molecular complexity index is 456. The van der Waals surface area contributed by atoms with Crippen molar-refractivity contribution in [2.24, 2.45) is 0 Å². The molecule has 0 spiro atoms. The van der Waals surface area contributed by atoms with Crippen molar-refractivity contribution in [2.75, 3.05) is 19.6 Å². The van der Waals surface area contributed by atoms with E-state index < -0.39 is 0 Å². The lowest BCUT2D eigenvalue weighted by atomic mass is 10.1. The first-order chi connectivity index (χ1) is 10.1. The summed E-state index contributed by atoms with van der Waals surface area (Å²) in [5.74, 6) is 1.17. The standard InChI is InChI=1S/C17H26N2O2/c1-4-18-16(12-19-11-5-6-17(19)20)14-7-9-15(10-8-14)21-13(2)3/h7-10,13,16,18H,4-6,11-12H2,1-3H3. The van der Waals surface area contributed by atoms with E-state index in [0.29, 0.717) is 6.42 Å². The summed E-state index contributed by atoms with van der Waals surface area (Å²) in [6.45, 7) is 8.65. The van der Waals surface area contributed by atoms with Gasteiger partial charge in [-0.3, -0.25) is 4.79 Å². The summed E-state index contributed by atoms with van der Waals surface area (Å²) in [6.07, 6.45) is 1.86. The van der Waals surface area contributed by atoms with Crippen molar-refractivity contribution in [3.8, 4) is 5.75 Å². The molecular formula is C17H26N2O2. The third-order valence-electron chi connectivity index (χ3n) is 3.68. The highest BCUT2D eigenvalue weighted by molar-refractivity contribution is 5.78. The molecule has 4 heteroatoms. The number of nitrogens with zero attached hydrogens (tertiary/aromatic N) is 1. The number of benzene rings is 1. The van der Waals surface area contributed by atoms with E-state index in [2.05, 4.69) is 24.4 Å². The summed E-state index contributed by atoms with van der Waals surface area (Å²) in [7, 11) is 0. The Kier molecular flexibility index (Phi) is 5.62. The van der Waals surface area contributed by atoms with Crippen molar-refractivity contribution in [1.29, 1.82) is 0 Å². The zero-order valence-electron chi connectivity index (χ0n) is 13.3. The largest absolute Gasteiger partial charge is 0.491 e. The van der Waals surface area contributed by atoms with Crippen molar-refractivity contribution < 1.29 is 9.53 Å². The van der Waals surface area contributed by atoms with Crippen molar-refractivity contribution in [2.45, 2.75) is 45.8 Å². The fraction of sp³-hybridized carbons (Fsp3) is 0.588. The van der Waals surface area contributed by atoms with Gasteiger partial charge in [0.2, 0.25) is 5.91 Å². The van der Waals surface area contributed by atoms with Gasteiger partial charge < -0.3 is 15.0 Å². The summed E-state index contributed by atoms with van der Waals surface area (Å²) >= 11 is 0. The first-order valence-corrected chi connectivity index (χ1v) is 7.88. The van der Waals surface area contributed by atoms with Gasteiger partial charge in [-0.15, -0.1) is 0 Å². The van der Waals surface area contributed by atoms with Gasteiger partial charge in [-0.1, -0.05) is 19.1 Å². The van der Waals surface area contributed by atoms with Crippen LogP contribution in [0.15, 0.2) is 24.3 Å². The molecule has 116 valence electrons. The molecular weight excluding hydrogens is 264 g/mol. The van der Waals surface area contributed by atoms with Gasteiger partial charge in [0, 0.05) is 25.6 Å². The molecule has 1 aromatic rings. The lowest BCUT2D eigenvalue weighted by Crippen LogP contribution is -2.35. The molecule has 1 atom stereocenters. The lowest BCUT2D eigenvalue weighted by Gasteiger charge is -2.25. The number of carbonyl (C=O) groups is 1. The first kappa shape index (κ1) is 15.8. The fourth-order valence-corrected chi connectivity index (χ4v) is 2.70. The van der Waals surface area contributed by atoms with Crippen LogP contribution in [0.5, 0.6) is 5.75 Å². The summed E-state index contributed by atoms with van der Waals surface area (Å²) in [6, 6.07) is 8.37. The molecule has 1 heterocycles. The summed E-state index contributed by atoms with van der Waals surface area (Å²) in [5.41, 5.74) is 1.20. The second-order valence-electron chi connectivity index (χ2n) is 5.79. The molecule has 4 nitrogen and oxygen atoms in total. The van der Waals surface area contributed by atoms with Crippen LogP contribution >= 0.6 is 0 Å². The maximum absolute atomic E-state index is 11.8. The van der Waals surface area contributed by atoms with E-state index >= 15 is 0 Å². The molecule has 0 bridgehead atoms. The van der Waals surface area contributed by atoms with Crippen LogP contribution < -0.4 is 10.1 Å². The average Bonchev–Trinajstić information content (AvgIpc) is 2.84. The Morgan fingerprint density at radius 2 is 2.00 bits per heavy atom. The first-order valence-electron chi connectivity index (χ1n) is 7.88. The topological polar surface area (TPSA) is 41.6 Å². The molecule has 0 saturated carbocycles. The molecule has 0 aliphatic carbocycles. The highest BCUT2D eigenvalue weighted by atomic mass is 16.5. The van der Waals surface area contributed by atoms with E-state index in [1.165, 1.54) is 5.56 Å². The fourth-order valence-electron chi connectivity index (χ4n) is 2.70. The molecule has 1 aliphatic heterocycles. The van der Waals surface area contributed by atoms with Gasteiger partial charge in [-0.2, -0.15) is 0 Å².